The predicted octanol–water partition coefficient (Wildman–Crippen LogP) is 4.37. The van der Waals surface area contributed by atoms with E-state index in [1.165, 1.54) is 12.1 Å². The Kier molecular flexibility index (Phi) is 5.18. The van der Waals surface area contributed by atoms with Crippen LogP contribution < -0.4 is 9.47 Å². The minimum atomic E-state index is -0.301. The summed E-state index contributed by atoms with van der Waals surface area (Å²) in [6.45, 7) is 2.38. The average Bonchev–Trinajstić information content (AvgIpc) is 3.51. The van der Waals surface area contributed by atoms with E-state index >= 15 is 0 Å². The number of nitrogens with one attached hydrogen (secondary N) is 1. The summed E-state index contributed by atoms with van der Waals surface area (Å²) in [5, 5.41) is 0.769. The van der Waals surface area contributed by atoms with Gasteiger partial charge in [0.25, 0.3) is 0 Å². The lowest BCUT2D eigenvalue weighted by Crippen LogP contribution is -2.34. The van der Waals surface area contributed by atoms with Gasteiger partial charge >= 0.3 is 0 Å². The van der Waals surface area contributed by atoms with Gasteiger partial charge in [-0.15, -0.1) is 0 Å². The van der Waals surface area contributed by atoms with Gasteiger partial charge in [-0.2, -0.15) is 0 Å². The summed E-state index contributed by atoms with van der Waals surface area (Å²) in [6.07, 6.45) is 2.23. The lowest BCUT2D eigenvalue weighted by Gasteiger charge is -2.24. The SMILES string of the molecule is COc1ccc(OC)c(CN(C(=O)Cc2c(C)[nH]c3ccc(F)cc23)C2CC2)c1. The van der Waals surface area contributed by atoms with Crippen LogP contribution in [-0.4, -0.2) is 36.1 Å². The standard InChI is InChI=1S/C23H25FN2O3/c1-14-19(20-11-16(24)4-8-21(20)25-14)12-23(27)26(17-5-6-17)13-15-10-18(28-2)7-9-22(15)29-3/h4,7-11,17,25H,5-6,12-13H2,1-3H3. The van der Waals surface area contributed by atoms with Gasteiger partial charge in [0, 0.05) is 34.7 Å². The van der Waals surface area contributed by atoms with Gasteiger partial charge in [-0.05, 0) is 61.7 Å². The first-order valence-electron chi connectivity index (χ1n) is 9.77. The number of amides is 1. The molecule has 1 N–H and O–H groups in total. The van der Waals surface area contributed by atoms with Crippen molar-refractivity contribution in [2.45, 2.75) is 38.8 Å². The Hall–Kier alpha value is -3.02. The molecule has 3 aromatic rings. The number of nitrogens with zero attached hydrogens (tertiary/aromatic N) is 1. The van der Waals surface area contributed by atoms with E-state index in [0.29, 0.717) is 6.54 Å². The fourth-order valence-electron chi connectivity index (χ4n) is 3.83. The number of H-pyrrole nitrogens is 1. The number of aromatic amines is 1. The van der Waals surface area contributed by atoms with Crippen LogP contribution in [0.4, 0.5) is 4.39 Å². The highest BCUT2D eigenvalue weighted by Gasteiger charge is 2.33. The minimum Gasteiger partial charge on any atom is -0.497 e. The number of rotatable bonds is 7. The van der Waals surface area contributed by atoms with Gasteiger partial charge in [0.15, 0.2) is 0 Å². The monoisotopic (exact) mass is 396 g/mol. The quantitative estimate of drug-likeness (QED) is 0.645. The zero-order chi connectivity index (χ0) is 20.5. The fourth-order valence-corrected chi connectivity index (χ4v) is 3.83. The van der Waals surface area contributed by atoms with Crippen LogP contribution in [0, 0.1) is 12.7 Å². The Morgan fingerprint density at radius 1 is 1.17 bits per heavy atom. The number of fused-ring (bicyclic) bond motifs is 1. The first-order valence-corrected chi connectivity index (χ1v) is 9.77. The highest BCUT2D eigenvalue weighted by atomic mass is 19.1. The molecule has 29 heavy (non-hydrogen) atoms. The zero-order valence-corrected chi connectivity index (χ0v) is 16.9. The molecular formula is C23H25FN2O3. The first-order chi connectivity index (χ1) is 14.0. The molecule has 6 heteroatoms. The molecule has 1 amide bonds. The normalized spacial score (nSPS) is 13.5. The lowest BCUT2D eigenvalue weighted by molar-refractivity contribution is -0.131. The topological polar surface area (TPSA) is 54.6 Å². The van der Waals surface area contributed by atoms with Crippen LogP contribution in [0.2, 0.25) is 0 Å². The molecule has 5 nitrogen and oxygen atoms in total. The summed E-state index contributed by atoms with van der Waals surface area (Å²) in [7, 11) is 3.24. The van der Waals surface area contributed by atoms with E-state index in [2.05, 4.69) is 4.98 Å². The number of carbonyl (C=O) groups excluding carboxylic acids is 1. The maximum Gasteiger partial charge on any atom is 0.227 e. The molecule has 0 saturated heterocycles. The van der Waals surface area contributed by atoms with Crippen LogP contribution in [0.3, 0.4) is 0 Å². The second-order valence-electron chi connectivity index (χ2n) is 7.53. The molecule has 152 valence electrons. The molecule has 1 fully saturated rings. The van der Waals surface area contributed by atoms with E-state index in [0.717, 1.165) is 52.1 Å². The van der Waals surface area contributed by atoms with E-state index in [4.69, 9.17) is 9.47 Å². The van der Waals surface area contributed by atoms with Gasteiger partial charge in [-0.3, -0.25) is 4.79 Å². The molecule has 4 rings (SSSR count). The van der Waals surface area contributed by atoms with Gasteiger partial charge in [0.2, 0.25) is 5.91 Å². The molecule has 1 saturated carbocycles. The lowest BCUT2D eigenvalue weighted by atomic mass is 10.1. The van der Waals surface area contributed by atoms with E-state index in [-0.39, 0.29) is 24.2 Å². The summed E-state index contributed by atoms with van der Waals surface area (Å²) < 4.78 is 24.6. The fraction of sp³-hybridized carbons (Fsp3) is 0.348. The van der Waals surface area contributed by atoms with E-state index in [1.54, 1.807) is 20.3 Å². The largest absolute Gasteiger partial charge is 0.497 e. The number of benzene rings is 2. The number of hydrogen-bond acceptors (Lipinski definition) is 3. The van der Waals surface area contributed by atoms with Crippen molar-refractivity contribution in [1.29, 1.82) is 0 Å². The van der Waals surface area contributed by atoms with Crippen LogP contribution in [0.1, 0.15) is 29.7 Å². The summed E-state index contributed by atoms with van der Waals surface area (Å²) in [4.78, 5) is 18.4. The molecule has 2 aromatic carbocycles. The summed E-state index contributed by atoms with van der Waals surface area (Å²) in [5.74, 6) is 1.19. The molecule has 0 aliphatic heterocycles. The van der Waals surface area contributed by atoms with Crippen LogP contribution in [0.15, 0.2) is 36.4 Å². The Bertz CT molecular complexity index is 1060. The van der Waals surface area contributed by atoms with Gasteiger partial charge in [0.1, 0.15) is 17.3 Å². The number of aromatic nitrogens is 1. The van der Waals surface area contributed by atoms with Crippen LogP contribution in [-0.2, 0) is 17.8 Å². The minimum absolute atomic E-state index is 0.0330. The number of ether oxygens (including phenoxy) is 2. The number of methoxy groups -OCH3 is 2. The summed E-state index contributed by atoms with van der Waals surface area (Å²) >= 11 is 0. The molecule has 0 radical (unpaired) electrons. The smallest absolute Gasteiger partial charge is 0.227 e. The second kappa shape index (κ2) is 7.78. The maximum absolute atomic E-state index is 13.8. The Morgan fingerprint density at radius 3 is 2.66 bits per heavy atom. The highest BCUT2D eigenvalue weighted by molar-refractivity contribution is 5.90. The Labute approximate surface area is 169 Å². The average molecular weight is 396 g/mol. The van der Waals surface area contributed by atoms with Crippen molar-refractivity contribution in [1.82, 2.24) is 9.88 Å². The van der Waals surface area contributed by atoms with E-state index < -0.39 is 0 Å². The molecular weight excluding hydrogens is 371 g/mol. The van der Waals surface area contributed by atoms with Crippen molar-refractivity contribution in [2.24, 2.45) is 0 Å². The first kappa shape index (κ1) is 19.3. The van der Waals surface area contributed by atoms with Gasteiger partial charge in [-0.1, -0.05) is 0 Å². The number of carbonyl (C=O) groups is 1. The third-order valence-corrected chi connectivity index (χ3v) is 5.55. The third kappa shape index (κ3) is 3.92. The molecule has 1 aliphatic carbocycles. The van der Waals surface area contributed by atoms with Crippen LogP contribution >= 0.6 is 0 Å². The predicted molar refractivity (Wildman–Crippen MR) is 110 cm³/mol. The van der Waals surface area contributed by atoms with Crippen molar-refractivity contribution in [3.63, 3.8) is 0 Å². The Balaban J connectivity index is 1.61. The van der Waals surface area contributed by atoms with Gasteiger partial charge in [-0.25, -0.2) is 4.39 Å². The van der Waals surface area contributed by atoms with Crippen LogP contribution in [0.25, 0.3) is 10.9 Å². The summed E-state index contributed by atoms with van der Waals surface area (Å²) in [5.41, 5.74) is 3.51. The van der Waals surface area contributed by atoms with Crippen molar-refractivity contribution < 1.29 is 18.7 Å². The van der Waals surface area contributed by atoms with Crippen LogP contribution in [0.5, 0.6) is 11.5 Å². The molecule has 0 spiro atoms. The van der Waals surface area contributed by atoms with Crippen molar-refractivity contribution in [3.8, 4) is 11.5 Å². The molecule has 0 atom stereocenters. The zero-order valence-electron chi connectivity index (χ0n) is 16.9. The van der Waals surface area contributed by atoms with Gasteiger partial charge < -0.3 is 19.4 Å². The molecule has 1 aromatic heterocycles. The number of hydrogen-bond donors (Lipinski definition) is 1. The maximum atomic E-state index is 13.8. The second-order valence-corrected chi connectivity index (χ2v) is 7.53. The van der Waals surface area contributed by atoms with Crippen molar-refractivity contribution in [3.05, 3.63) is 59.0 Å². The van der Waals surface area contributed by atoms with Gasteiger partial charge in [0.05, 0.1) is 20.6 Å². The Morgan fingerprint density at radius 2 is 1.97 bits per heavy atom. The third-order valence-electron chi connectivity index (χ3n) is 5.55. The molecule has 1 heterocycles. The number of aryl methyl sites for hydroxylation is 1. The molecule has 1 aliphatic rings. The highest BCUT2D eigenvalue weighted by Crippen LogP contribution is 2.33. The number of halogens is 1. The van der Waals surface area contributed by atoms with E-state index in [9.17, 15) is 9.18 Å². The molecule has 0 unspecified atom stereocenters. The van der Waals surface area contributed by atoms with Crippen molar-refractivity contribution in [2.75, 3.05) is 14.2 Å². The van der Waals surface area contributed by atoms with Crippen molar-refractivity contribution >= 4 is 16.8 Å². The summed E-state index contributed by atoms with van der Waals surface area (Å²) in [6, 6.07) is 10.5. The van der Waals surface area contributed by atoms with E-state index in [1.807, 2.05) is 30.0 Å². The molecule has 0 bridgehead atoms.